The molecule has 2 N–H and O–H groups in total. The van der Waals surface area contributed by atoms with Crippen LogP contribution >= 0.6 is 15.9 Å². The first kappa shape index (κ1) is 6.56. The Balaban J connectivity index is 2.30. The van der Waals surface area contributed by atoms with Crippen molar-refractivity contribution >= 4 is 15.9 Å². The number of hydrogen-bond donors (Lipinski definition) is 1. The summed E-state index contributed by atoms with van der Waals surface area (Å²) in [7, 11) is 0. The van der Waals surface area contributed by atoms with Crippen LogP contribution < -0.4 is 5.73 Å². The van der Waals surface area contributed by atoms with E-state index >= 15 is 0 Å². The lowest BCUT2D eigenvalue weighted by Crippen LogP contribution is -2.24. The number of alkyl halides is 1. The Kier molecular flexibility index (Phi) is 2.32. The van der Waals surface area contributed by atoms with E-state index in [1.54, 1.807) is 0 Å². The minimum Gasteiger partial charge on any atom is -0.327 e. The summed E-state index contributed by atoms with van der Waals surface area (Å²) >= 11 is 3.44. The van der Waals surface area contributed by atoms with Gasteiger partial charge in [0, 0.05) is 11.4 Å². The maximum atomic E-state index is 5.76. The van der Waals surface area contributed by atoms with Crippen LogP contribution in [-0.4, -0.2) is 11.4 Å². The molecule has 0 aromatic carbocycles. The number of hydrogen-bond acceptors (Lipinski definition) is 1. The van der Waals surface area contributed by atoms with E-state index < -0.39 is 0 Å². The first-order valence-corrected chi connectivity index (χ1v) is 4.28. The minimum atomic E-state index is 0.481. The standard InChI is InChI=1S/C6H12BrN/c7-4-5-2-1-3-6(5)8/h5-6H,1-4,8H2/t5-,6+/m0/s1. The summed E-state index contributed by atoms with van der Waals surface area (Å²) in [5.41, 5.74) is 5.76. The molecule has 0 unspecified atom stereocenters. The monoisotopic (exact) mass is 177 g/mol. The summed E-state index contributed by atoms with van der Waals surface area (Å²) in [6.45, 7) is 0. The molecule has 0 heterocycles. The van der Waals surface area contributed by atoms with Crippen LogP contribution in [0, 0.1) is 5.92 Å². The highest BCUT2D eigenvalue weighted by Crippen LogP contribution is 2.24. The zero-order valence-corrected chi connectivity index (χ0v) is 6.52. The van der Waals surface area contributed by atoms with E-state index in [-0.39, 0.29) is 0 Å². The molecule has 1 rings (SSSR count). The van der Waals surface area contributed by atoms with Crippen LogP contribution in [-0.2, 0) is 0 Å². The van der Waals surface area contributed by atoms with Crippen molar-refractivity contribution in [2.45, 2.75) is 25.3 Å². The van der Waals surface area contributed by atoms with Gasteiger partial charge in [0.25, 0.3) is 0 Å². The van der Waals surface area contributed by atoms with Gasteiger partial charge >= 0.3 is 0 Å². The molecule has 48 valence electrons. The third kappa shape index (κ3) is 1.23. The van der Waals surface area contributed by atoms with Gasteiger partial charge in [-0.05, 0) is 18.8 Å². The van der Waals surface area contributed by atoms with Crippen molar-refractivity contribution in [2.24, 2.45) is 11.7 Å². The Labute approximate surface area is 58.8 Å². The summed E-state index contributed by atoms with van der Waals surface area (Å²) < 4.78 is 0. The largest absolute Gasteiger partial charge is 0.327 e. The van der Waals surface area contributed by atoms with Crippen LogP contribution in [0.25, 0.3) is 0 Å². The smallest absolute Gasteiger partial charge is 0.00751 e. The Morgan fingerprint density at radius 2 is 2.25 bits per heavy atom. The molecule has 0 aromatic rings. The lowest BCUT2D eigenvalue weighted by atomic mass is 10.1. The van der Waals surface area contributed by atoms with E-state index in [1.165, 1.54) is 19.3 Å². The molecule has 1 aliphatic carbocycles. The fourth-order valence-electron chi connectivity index (χ4n) is 1.26. The van der Waals surface area contributed by atoms with Crippen LogP contribution in [0.1, 0.15) is 19.3 Å². The molecule has 1 aliphatic rings. The van der Waals surface area contributed by atoms with Gasteiger partial charge in [0.05, 0.1) is 0 Å². The second-order valence-electron chi connectivity index (χ2n) is 2.51. The molecule has 2 heteroatoms. The molecule has 8 heavy (non-hydrogen) atoms. The predicted octanol–water partition coefficient (Wildman–Crippen LogP) is 1.51. The maximum absolute atomic E-state index is 5.76. The highest BCUT2D eigenvalue weighted by Gasteiger charge is 2.21. The highest BCUT2D eigenvalue weighted by atomic mass is 79.9. The van der Waals surface area contributed by atoms with Crippen molar-refractivity contribution < 1.29 is 0 Å². The molecule has 0 saturated heterocycles. The van der Waals surface area contributed by atoms with Crippen molar-refractivity contribution in [1.82, 2.24) is 0 Å². The number of rotatable bonds is 1. The van der Waals surface area contributed by atoms with Crippen molar-refractivity contribution in [3.8, 4) is 0 Å². The van der Waals surface area contributed by atoms with Crippen LogP contribution in [0.5, 0.6) is 0 Å². The van der Waals surface area contributed by atoms with Gasteiger partial charge in [-0.2, -0.15) is 0 Å². The third-order valence-electron chi connectivity index (χ3n) is 1.92. The molecular weight excluding hydrogens is 166 g/mol. The van der Waals surface area contributed by atoms with Gasteiger partial charge in [-0.25, -0.2) is 0 Å². The summed E-state index contributed by atoms with van der Waals surface area (Å²) in [6, 6.07) is 0.481. The summed E-state index contributed by atoms with van der Waals surface area (Å²) in [5, 5.41) is 1.09. The lowest BCUT2D eigenvalue weighted by molar-refractivity contribution is 0.539. The van der Waals surface area contributed by atoms with Crippen molar-refractivity contribution in [3.05, 3.63) is 0 Å². The van der Waals surface area contributed by atoms with Crippen LogP contribution in [0.15, 0.2) is 0 Å². The number of halogens is 1. The van der Waals surface area contributed by atoms with E-state index in [1.807, 2.05) is 0 Å². The maximum Gasteiger partial charge on any atom is 0.00751 e. The van der Waals surface area contributed by atoms with Gasteiger partial charge in [0.1, 0.15) is 0 Å². The predicted molar refractivity (Wildman–Crippen MR) is 39.1 cm³/mol. The third-order valence-corrected chi connectivity index (χ3v) is 2.75. The van der Waals surface area contributed by atoms with Crippen LogP contribution in [0.4, 0.5) is 0 Å². The molecule has 0 bridgehead atoms. The van der Waals surface area contributed by atoms with Gasteiger partial charge in [0.15, 0.2) is 0 Å². The summed E-state index contributed by atoms with van der Waals surface area (Å²) in [6.07, 6.45) is 3.89. The second kappa shape index (κ2) is 2.83. The molecule has 0 amide bonds. The molecule has 0 spiro atoms. The average Bonchev–Trinajstić information content (AvgIpc) is 2.14. The van der Waals surface area contributed by atoms with Crippen molar-refractivity contribution in [1.29, 1.82) is 0 Å². The van der Waals surface area contributed by atoms with E-state index in [2.05, 4.69) is 15.9 Å². The van der Waals surface area contributed by atoms with E-state index in [4.69, 9.17) is 5.73 Å². The van der Waals surface area contributed by atoms with Gasteiger partial charge in [-0.3, -0.25) is 0 Å². The van der Waals surface area contributed by atoms with Crippen molar-refractivity contribution in [3.63, 3.8) is 0 Å². The Morgan fingerprint density at radius 1 is 1.50 bits per heavy atom. The Hall–Kier alpha value is 0.440. The molecule has 1 saturated carbocycles. The quantitative estimate of drug-likeness (QED) is 0.605. The molecule has 1 fully saturated rings. The van der Waals surface area contributed by atoms with E-state index in [9.17, 15) is 0 Å². The molecule has 0 aliphatic heterocycles. The van der Waals surface area contributed by atoms with Gasteiger partial charge in [0.2, 0.25) is 0 Å². The molecule has 0 radical (unpaired) electrons. The molecule has 0 aromatic heterocycles. The summed E-state index contributed by atoms with van der Waals surface area (Å²) in [5.74, 6) is 0.759. The van der Waals surface area contributed by atoms with Crippen LogP contribution in [0.3, 0.4) is 0 Å². The van der Waals surface area contributed by atoms with E-state index in [0.29, 0.717) is 6.04 Å². The van der Waals surface area contributed by atoms with Gasteiger partial charge in [-0.15, -0.1) is 0 Å². The normalized spacial score (nSPS) is 38.2. The number of nitrogens with two attached hydrogens (primary N) is 1. The van der Waals surface area contributed by atoms with Crippen LogP contribution in [0.2, 0.25) is 0 Å². The SMILES string of the molecule is N[C@@H]1CCC[C@H]1CBr. The Morgan fingerprint density at radius 3 is 2.50 bits per heavy atom. The molecule has 2 atom stereocenters. The zero-order valence-electron chi connectivity index (χ0n) is 4.94. The Bertz CT molecular complexity index is 74.9. The average molecular weight is 178 g/mol. The fraction of sp³-hybridized carbons (Fsp3) is 1.00. The lowest BCUT2D eigenvalue weighted by Gasteiger charge is -2.09. The van der Waals surface area contributed by atoms with Gasteiger partial charge in [-0.1, -0.05) is 22.4 Å². The van der Waals surface area contributed by atoms with Crippen molar-refractivity contribution in [2.75, 3.05) is 5.33 Å². The zero-order chi connectivity index (χ0) is 5.98. The minimum absolute atomic E-state index is 0.481. The topological polar surface area (TPSA) is 26.0 Å². The van der Waals surface area contributed by atoms with E-state index in [0.717, 1.165) is 11.2 Å². The highest BCUT2D eigenvalue weighted by molar-refractivity contribution is 9.09. The second-order valence-corrected chi connectivity index (χ2v) is 3.16. The fourth-order valence-corrected chi connectivity index (χ4v) is 2.06. The summed E-state index contributed by atoms with van der Waals surface area (Å²) in [4.78, 5) is 0. The molecule has 1 nitrogen and oxygen atoms in total. The van der Waals surface area contributed by atoms with Gasteiger partial charge < -0.3 is 5.73 Å². The first-order valence-electron chi connectivity index (χ1n) is 3.16. The first-order chi connectivity index (χ1) is 3.84. The molecular formula is C6H12BrN.